The number of nitrogens with zero attached hydrogens (tertiary/aromatic N) is 5. The van der Waals surface area contributed by atoms with Crippen LogP contribution in [0.5, 0.6) is 0 Å². The molecule has 4 heterocycles. The molecular formula is C17H24N6O. The van der Waals surface area contributed by atoms with Crippen molar-refractivity contribution in [1.82, 2.24) is 29.9 Å². The van der Waals surface area contributed by atoms with E-state index in [0.717, 1.165) is 64.0 Å². The lowest BCUT2D eigenvalue weighted by atomic mass is 9.92. The molecule has 2 aliphatic rings. The fourth-order valence-corrected chi connectivity index (χ4v) is 3.96. The summed E-state index contributed by atoms with van der Waals surface area (Å²) >= 11 is 0. The van der Waals surface area contributed by atoms with Gasteiger partial charge in [-0.3, -0.25) is 9.89 Å². The van der Waals surface area contributed by atoms with Crippen LogP contribution in [0.4, 0.5) is 0 Å². The standard InChI is InChI=1S/C17H24N6O/c1-2-12-10-18-20-15(12)13-6-5-8-22(11-13)17(24)16-21-19-14-7-3-4-9-23(14)16/h10,13H,2-9,11H2,1H3,(H,18,20). The van der Waals surface area contributed by atoms with Crippen LogP contribution in [0.15, 0.2) is 6.20 Å². The van der Waals surface area contributed by atoms with E-state index in [1.54, 1.807) is 0 Å². The molecule has 1 unspecified atom stereocenters. The largest absolute Gasteiger partial charge is 0.335 e. The van der Waals surface area contributed by atoms with Crippen molar-refractivity contribution >= 4 is 5.91 Å². The zero-order chi connectivity index (χ0) is 16.5. The molecule has 2 aliphatic heterocycles. The number of fused-ring (bicyclic) bond motifs is 1. The summed E-state index contributed by atoms with van der Waals surface area (Å²) in [7, 11) is 0. The Balaban J connectivity index is 1.54. The lowest BCUT2D eigenvalue weighted by molar-refractivity contribution is 0.0686. The van der Waals surface area contributed by atoms with E-state index < -0.39 is 0 Å². The summed E-state index contributed by atoms with van der Waals surface area (Å²) in [6.45, 7) is 4.53. The number of nitrogens with one attached hydrogen (secondary N) is 1. The zero-order valence-corrected chi connectivity index (χ0v) is 14.2. The van der Waals surface area contributed by atoms with Gasteiger partial charge in [-0.05, 0) is 37.7 Å². The Labute approximate surface area is 141 Å². The highest BCUT2D eigenvalue weighted by atomic mass is 16.2. The first kappa shape index (κ1) is 15.4. The van der Waals surface area contributed by atoms with Crippen molar-refractivity contribution in [3.8, 4) is 0 Å². The van der Waals surface area contributed by atoms with Crippen molar-refractivity contribution in [2.45, 2.75) is 57.9 Å². The molecule has 0 saturated carbocycles. The second-order valence-electron chi connectivity index (χ2n) is 6.80. The third-order valence-electron chi connectivity index (χ3n) is 5.30. The van der Waals surface area contributed by atoms with E-state index in [1.165, 1.54) is 11.3 Å². The first-order valence-corrected chi connectivity index (χ1v) is 9.01. The minimum Gasteiger partial charge on any atom is -0.335 e. The van der Waals surface area contributed by atoms with Gasteiger partial charge in [0.1, 0.15) is 5.82 Å². The summed E-state index contributed by atoms with van der Waals surface area (Å²) in [4.78, 5) is 14.9. The van der Waals surface area contributed by atoms with Crippen molar-refractivity contribution in [2.24, 2.45) is 0 Å². The van der Waals surface area contributed by atoms with Gasteiger partial charge in [0.25, 0.3) is 5.91 Å². The van der Waals surface area contributed by atoms with Crippen molar-refractivity contribution in [3.63, 3.8) is 0 Å². The number of amides is 1. The molecule has 0 bridgehead atoms. The molecule has 2 aromatic rings. The average molecular weight is 328 g/mol. The van der Waals surface area contributed by atoms with Gasteiger partial charge in [0.15, 0.2) is 0 Å². The molecule has 0 spiro atoms. The molecule has 0 radical (unpaired) electrons. The first-order valence-electron chi connectivity index (χ1n) is 9.01. The fraction of sp³-hybridized carbons (Fsp3) is 0.647. The van der Waals surface area contributed by atoms with Crippen LogP contribution in [-0.2, 0) is 19.4 Å². The van der Waals surface area contributed by atoms with Crippen molar-refractivity contribution < 1.29 is 4.79 Å². The van der Waals surface area contributed by atoms with Crippen LogP contribution >= 0.6 is 0 Å². The van der Waals surface area contributed by atoms with Gasteiger partial charge >= 0.3 is 0 Å². The summed E-state index contributed by atoms with van der Waals surface area (Å²) in [6.07, 6.45) is 8.14. The molecule has 0 aromatic carbocycles. The fourth-order valence-electron chi connectivity index (χ4n) is 3.96. The minimum absolute atomic E-state index is 0.0258. The molecule has 7 heteroatoms. The molecule has 24 heavy (non-hydrogen) atoms. The molecule has 2 aromatic heterocycles. The summed E-state index contributed by atoms with van der Waals surface area (Å²) in [5, 5.41) is 15.8. The number of likely N-dealkylation sites (tertiary alicyclic amines) is 1. The van der Waals surface area contributed by atoms with Crippen LogP contribution < -0.4 is 0 Å². The Bertz CT molecular complexity index is 733. The van der Waals surface area contributed by atoms with Gasteiger partial charge in [-0.25, -0.2) is 0 Å². The van der Waals surface area contributed by atoms with E-state index >= 15 is 0 Å². The number of H-pyrrole nitrogens is 1. The predicted molar refractivity (Wildman–Crippen MR) is 88.8 cm³/mol. The number of piperidine rings is 1. The summed E-state index contributed by atoms with van der Waals surface area (Å²) in [5.41, 5.74) is 2.45. The van der Waals surface area contributed by atoms with Gasteiger partial charge in [-0.1, -0.05) is 6.92 Å². The van der Waals surface area contributed by atoms with Crippen LogP contribution in [0.3, 0.4) is 0 Å². The highest BCUT2D eigenvalue weighted by Crippen LogP contribution is 2.29. The van der Waals surface area contributed by atoms with Gasteiger partial charge < -0.3 is 9.47 Å². The number of aryl methyl sites for hydroxylation is 2. The molecule has 1 amide bonds. The second-order valence-corrected chi connectivity index (χ2v) is 6.80. The van der Waals surface area contributed by atoms with Gasteiger partial charge in [0, 0.05) is 37.7 Å². The molecule has 1 atom stereocenters. The van der Waals surface area contributed by atoms with E-state index in [1.807, 2.05) is 15.7 Å². The molecule has 0 aliphatic carbocycles. The topological polar surface area (TPSA) is 79.7 Å². The highest BCUT2D eigenvalue weighted by molar-refractivity contribution is 5.91. The average Bonchev–Trinajstić information content (AvgIpc) is 3.28. The van der Waals surface area contributed by atoms with Crippen molar-refractivity contribution in [3.05, 3.63) is 29.1 Å². The number of carbonyl (C=O) groups is 1. The second kappa shape index (κ2) is 6.37. The number of hydrogen-bond donors (Lipinski definition) is 1. The maximum Gasteiger partial charge on any atom is 0.291 e. The predicted octanol–water partition coefficient (Wildman–Crippen LogP) is 1.92. The van der Waals surface area contributed by atoms with Gasteiger partial charge in [0.2, 0.25) is 5.82 Å². The molecule has 1 fully saturated rings. The quantitative estimate of drug-likeness (QED) is 0.933. The van der Waals surface area contributed by atoms with Crippen LogP contribution in [0.2, 0.25) is 0 Å². The molecule has 128 valence electrons. The maximum atomic E-state index is 13.0. The van der Waals surface area contributed by atoms with Crippen LogP contribution in [-0.4, -0.2) is 48.9 Å². The molecule has 4 rings (SSSR count). The van der Waals surface area contributed by atoms with Crippen molar-refractivity contribution in [2.75, 3.05) is 13.1 Å². The third-order valence-corrected chi connectivity index (χ3v) is 5.30. The third kappa shape index (κ3) is 2.61. The number of carbonyl (C=O) groups excluding carboxylic acids is 1. The smallest absolute Gasteiger partial charge is 0.291 e. The lowest BCUT2D eigenvalue weighted by Gasteiger charge is -2.32. The Morgan fingerprint density at radius 1 is 1.29 bits per heavy atom. The number of aromatic amines is 1. The van der Waals surface area contributed by atoms with E-state index in [4.69, 9.17) is 0 Å². The Hall–Kier alpha value is -2.18. The SMILES string of the molecule is CCc1cn[nH]c1C1CCCN(C(=O)c2nnc3n2CCCC3)C1. The summed E-state index contributed by atoms with van der Waals surface area (Å²) in [5.74, 6) is 1.84. The van der Waals surface area contributed by atoms with Gasteiger partial charge in [-0.2, -0.15) is 5.10 Å². The van der Waals surface area contributed by atoms with E-state index in [9.17, 15) is 4.79 Å². The first-order chi connectivity index (χ1) is 11.8. The van der Waals surface area contributed by atoms with Gasteiger partial charge in [0.05, 0.1) is 6.20 Å². The van der Waals surface area contributed by atoms with E-state index in [0.29, 0.717) is 11.7 Å². The van der Waals surface area contributed by atoms with Crippen LogP contribution in [0.1, 0.15) is 66.2 Å². The minimum atomic E-state index is 0.0258. The Morgan fingerprint density at radius 3 is 3.08 bits per heavy atom. The number of aromatic nitrogens is 5. The normalized spacial score (nSPS) is 20.9. The molecule has 1 N–H and O–H groups in total. The highest BCUT2D eigenvalue weighted by Gasteiger charge is 2.31. The maximum absolute atomic E-state index is 13.0. The molecule has 1 saturated heterocycles. The number of hydrogen-bond acceptors (Lipinski definition) is 4. The zero-order valence-electron chi connectivity index (χ0n) is 14.2. The monoisotopic (exact) mass is 328 g/mol. The lowest BCUT2D eigenvalue weighted by Crippen LogP contribution is -2.40. The van der Waals surface area contributed by atoms with E-state index in [-0.39, 0.29) is 5.91 Å². The Morgan fingerprint density at radius 2 is 2.21 bits per heavy atom. The summed E-state index contributed by atoms with van der Waals surface area (Å²) < 4.78 is 2.02. The van der Waals surface area contributed by atoms with Crippen LogP contribution in [0, 0.1) is 0 Å². The molecular weight excluding hydrogens is 304 g/mol. The molecule has 7 nitrogen and oxygen atoms in total. The summed E-state index contributed by atoms with van der Waals surface area (Å²) in [6, 6.07) is 0. The van der Waals surface area contributed by atoms with E-state index in [2.05, 4.69) is 27.3 Å². The van der Waals surface area contributed by atoms with Gasteiger partial charge in [-0.15, -0.1) is 10.2 Å². The van der Waals surface area contributed by atoms with Crippen LogP contribution in [0.25, 0.3) is 0 Å². The number of rotatable bonds is 3. The Kier molecular flexibility index (Phi) is 4.08. The van der Waals surface area contributed by atoms with Crippen molar-refractivity contribution in [1.29, 1.82) is 0 Å².